The van der Waals surface area contributed by atoms with Crippen LogP contribution in [0.4, 0.5) is 0 Å². The Kier molecular flexibility index (Phi) is 3.61. The van der Waals surface area contributed by atoms with Gasteiger partial charge in [-0.05, 0) is 39.5 Å². The molecule has 4 heteroatoms. The van der Waals surface area contributed by atoms with E-state index in [1.165, 1.54) is 13.0 Å². The largest absolute Gasteiger partial charge is 0.387 e. The van der Waals surface area contributed by atoms with E-state index >= 15 is 0 Å². The number of nitrogens with one attached hydrogen (secondary N) is 1. The molecule has 2 aliphatic rings. The lowest BCUT2D eigenvalue weighted by atomic mass is 10.0. The van der Waals surface area contributed by atoms with Gasteiger partial charge in [0.15, 0.2) is 0 Å². The van der Waals surface area contributed by atoms with Gasteiger partial charge in [0, 0.05) is 26.2 Å². The maximum absolute atomic E-state index is 10.3. The number of aliphatic hydroxyl groups is 1. The van der Waals surface area contributed by atoms with Crippen molar-refractivity contribution in [2.45, 2.75) is 18.4 Å². The maximum Gasteiger partial charge on any atom is 0.0909 e. The molecule has 88 valence electrons. The first kappa shape index (κ1) is 11.3. The van der Waals surface area contributed by atoms with Crippen LogP contribution in [0.2, 0.25) is 0 Å². The number of nitrogens with zero attached hydrogens (tertiary/aromatic N) is 2. The van der Waals surface area contributed by atoms with Crippen LogP contribution < -0.4 is 5.32 Å². The maximum atomic E-state index is 10.3. The summed E-state index contributed by atoms with van der Waals surface area (Å²) in [5, 5.41) is 13.5. The third-order valence-corrected chi connectivity index (χ3v) is 3.55. The molecule has 0 bridgehead atoms. The first-order chi connectivity index (χ1) is 7.18. The monoisotopic (exact) mass is 213 g/mol. The summed E-state index contributed by atoms with van der Waals surface area (Å²) in [7, 11) is 2.18. The molecule has 0 spiro atoms. The second kappa shape index (κ2) is 4.78. The van der Waals surface area contributed by atoms with Crippen LogP contribution in [0.3, 0.4) is 0 Å². The smallest absolute Gasteiger partial charge is 0.0909 e. The standard InChI is InChI=1S/C11H23N3O/c1-13-5-2-6-14(8-7-13)10-11(15)3-4-12-9-11/h12,15H,2-10H2,1H3/t11-/m1/s1. The predicted octanol–water partition coefficient (Wildman–Crippen LogP) is -0.652. The normalized spacial score (nSPS) is 35.6. The van der Waals surface area contributed by atoms with E-state index in [1.807, 2.05) is 0 Å². The summed E-state index contributed by atoms with van der Waals surface area (Å²) in [6, 6.07) is 0. The van der Waals surface area contributed by atoms with Crippen molar-refractivity contribution in [3.8, 4) is 0 Å². The van der Waals surface area contributed by atoms with Gasteiger partial charge in [0.25, 0.3) is 0 Å². The molecule has 0 aromatic carbocycles. The van der Waals surface area contributed by atoms with Gasteiger partial charge in [0.2, 0.25) is 0 Å². The van der Waals surface area contributed by atoms with E-state index in [-0.39, 0.29) is 0 Å². The van der Waals surface area contributed by atoms with E-state index in [2.05, 4.69) is 22.2 Å². The molecule has 2 saturated heterocycles. The first-order valence-electron chi connectivity index (χ1n) is 6.02. The van der Waals surface area contributed by atoms with Crippen LogP contribution in [0.1, 0.15) is 12.8 Å². The van der Waals surface area contributed by atoms with E-state index in [1.54, 1.807) is 0 Å². The minimum absolute atomic E-state index is 0.469. The van der Waals surface area contributed by atoms with Gasteiger partial charge >= 0.3 is 0 Å². The summed E-state index contributed by atoms with van der Waals surface area (Å²) < 4.78 is 0. The molecule has 0 aliphatic carbocycles. The van der Waals surface area contributed by atoms with E-state index in [9.17, 15) is 5.11 Å². The Morgan fingerprint density at radius 3 is 2.87 bits per heavy atom. The van der Waals surface area contributed by atoms with E-state index in [0.717, 1.165) is 45.7 Å². The van der Waals surface area contributed by atoms with Crippen molar-refractivity contribution in [1.82, 2.24) is 15.1 Å². The second-order valence-electron chi connectivity index (χ2n) is 5.08. The van der Waals surface area contributed by atoms with Gasteiger partial charge in [-0.1, -0.05) is 0 Å². The minimum Gasteiger partial charge on any atom is -0.387 e. The fraction of sp³-hybridized carbons (Fsp3) is 1.00. The molecule has 0 saturated carbocycles. The van der Waals surface area contributed by atoms with Gasteiger partial charge in [0.1, 0.15) is 0 Å². The van der Waals surface area contributed by atoms with Crippen molar-refractivity contribution >= 4 is 0 Å². The van der Waals surface area contributed by atoms with E-state index < -0.39 is 5.60 Å². The summed E-state index contributed by atoms with van der Waals surface area (Å²) in [4.78, 5) is 4.79. The highest BCUT2D eigenvalue weighted by Crippen LogP contribution is 2.16. The number of hydrogen-bond donors (Lipinski definition) is 2. The van der Waals surface area contributed by atoms with Crippen molar-refractivity contribution in [3.05, 3.63) is 0 Å². The van der Waals surface area contributed by atoms with Crippen molar-refractivity contribution in [3.63, 3.8) is 0 Å². The molecular formula is C11H23N3O. The van der Waals surface area contributed by atoms with Crippen molar-refractivity contribution in [2.24, 2.45) is 0 Å². The first-order valence-corrected chi connectivity index (χ1v) is 6.02. The highest BCUT2D eigenvalue weighted by Gasteiger charge is 2.33. The van der Waals surface area contributed by atoms with Crippen molar-refractivity contribution < 1.29 is 5.11 Å². The molecule has 2 N–H and O–H groups in total. The average molecular weight is 213 g/mol. The molecule has 4 nitrogen and oxygen atoms in total. The Morgan fingerprint density at radius 2 is 2.13 bits per heavy atom. The highest BCUT2D eigenvalue weighted by molar-refractivity contribution is 4.91. The van der Waals surface area contributed by atoms with Crippen LogP contribution >= 0.6 is 0 Å². The summed E-state index contributed by atoms with van der Waals surface area (Å²) >= 11 is 0. The van der Waals surface area contributed by atoms with E-state index in [0.29, 0.717) is 0 Å². The molecule has 2 aliphatic heterocycles. The van der Waals surface area contributed by atoms with Crippen LogP contribution in [-0.4, -0.2) is 73.4 Å². The van der Waals surface area contributed by atoms with Crippen LogP contribution in [0.5, 0.6) is 0 Å². The Bertz CT molecular complexity index is 204. The third kappa shape index (κ3) is 3.14. The molecule has 0 aromatic rings. The summed E-state index contributed by atoms with van der Waals surface area (Å²) in [6.45, 7) is 7.11. The molecule has 0 aromatic heterocycles. The summed E-state index contributed by atoms with van der Waals surface area (Å²) in [5.74, 6) is 0. The Balaban J connectivity index is 1.82. The van der Waals surface area contributed by atoms with Crippen LogP contribution in [0.25, 0.3) is 0 Å². The van der Waals surface area contributed by atoms with E-state index in [4.69, 9.17) is 0 Å². The van der Waals surface area contributed by atoms with Gasteiger partial charge in [-0.2, -0.15) is 0 Å². The van der Waals surface area contributed by atoms with Gasteiger partial charge < -0.3 is 15.3 Å². The lowest BCUT2D eigenvalue weighted by molar-refractivity contribution is 0.0221. The zero-order chi connectivity index (χ0) is 10.7. The molecule has 0 amide bonds. The van der Waals surface area contributed by atoms with Crippen molar-refractivity contribution in [2.75, 3.05) is 52.9 Å². The fourth-order valence-corrected chi connectivity index (χ4v) is 2.54. The second-order valence-corrected chi connectivity index (χ2v) is 5.08. The molecule has 15 heavy (non-hydrogen) atoms. The number of likely N-dealkylation sites (N-methyl/N-ethyl adjacent to an activating group) is 1. The fourth-order valence-electron chi connectivity index (χ4n) is 2.54. The SMILES string of the molecule is CN1CCCN(C[C@@]2(O)CCNC2)CC1. The molecular weight excluding hydrogens is 190 g/mol. The van der Waals surface area contributed by atoms with Crippen molar-refractivity contribution in [1.29, 1.82) is 0 Å². The third-order valence-electron chi connectivity index (χ3n) is 3.55. The van der Waals surface area contributed by atoms with Gasteiger partial charge in [-0.3, -0.25) is 4.90 Å². The molecule has 0 unspecified atom stereocenters. The number of rotatable bonds is 2. The van der Waals surface area contributed by atoms with Crippen LogP contribution in [0.15, 0.2) is 0 Å². The molecule has 0 radical (unpaired) electrons. The highest BCUT2D eigenvalue weighted by atomic mass is 16.3. The minimum atomic E-state index is -0.469. The number of hydrogen-bond acceptors (Lipinski definition) is 4. The Morgan fingerprint density at radius 1 is 1.27 bits per heavy atom. The zero-order valence-electron chi connectivity index (χ0n) is 9.71. The molecule has 1 atom stereocenters. The lowest BCUT2D eigenvalue weighted by Crippen LogP contribution is -2.45. The quantitative estimate of drug-likeness (QED) is 0.639. The summed E-state index contributed by atoms with van der Waals surface area (Å²) in [6.07, 6.45) is 2.12. The topological polar surface area (TPSA) is 38.7 Å². The predicted molar refractivity (Wildman–Crippen MR) is 61.0 cm³/mol. The Labute approximate surface area is 92.2 Å². The molecule has 2 rings (SSSR count). The van der Waals surface area contributed by atoms with Gasteiger partial charge in [-0.25, -0.2) is 0 Å². The summed E-state index contributed by atoms with van der Waals surface area (Å²) in [5.41, 5.74) is -0.469. The number of β-amino-alcohol motifs (C(OH)–C–C–N with tert-alkyl or cyclic N) is 1. The van der Waals surface area contributed by atoms with Crippen LogP contribution in [0, 0.1) is 0 Å². The average Bonchev–Trinajstić information content (AvgIpc) is 2.51. The lowest BCUT2D eigenvalue weighted by Gasteiger charge is -2.29. The Hall–Kier alpha value is -0.160. The molecule has 2 fully saturated rings. The van der Waals surface area contributed by atoms with Gasteiger partial charge in [0.05, 0.1) is 5.60 Å². The zero-order valence-corrected chi connectivity index (χ0v) is 9.71. The van der Waals surface area contributed by atoms with Gasteiger partial charge in [-0.15, -0.1) is 0 Å². The van der Waals surface area contributed by atoms with Crippen LogP contribution in [-0.2, 0) is 0 Å². The molecule has 2 heterocycles.